The number of nitrogens with one attached hydrogen (secondary N) is 4. The van der Waals surface area contributed by atoms with E-state index in [2.05, 4.69) is 31.4 Å². The van der Waals surface area contributed by atoms with E-state index >= 15 is 0 Å². The van der Waals surface area contributed by atoms with E-state index in [4.69, 9.17) is 45.1 Å². The third-order valence-electron chi connectivity index (χ3n) is 17.7. The Morgan fingerprint density at radius 3 is 1.41 bits per heavy atom. The molecule has 112 heavy (non-hydrogen) atoms. The number of aromatic nitrogens is 4. The molecule has 5 amide bonds. The van der Waals surface area contributed by atoms with Crippen LogP contribution in [0.2, 0.25) is 5.02 Å². The second-order valence-electron chi connectivity index (χ2n) is 30.4. The quantitative estimate of drug-likeness (QED) is 0.0198. The van der Waals surface area contributed by atoms with Crippen LogP contribution in [-0.2, 0) is 90.7 Å². The standard InChI is InChI=1S/C22H19ClF2N6O3.2C17H22FNO4.C12H14FNO2.C10H16FNO4/c1-10-17(19(32)21(34)28-22(4-5-22)16-8-26-30-29-16)15-6-11(24)9-31(15)18(10)20(33)27-12-2-3-14(25)13(23)7-12;2*1-17(2,3)23-16(21)19-10-13(18)9-14(19)15(20)22-11-12-7-5-4-6-8-12;13-10-6-11(14-7-10)12(15)16-8-9-4-2-1-3-5-9;1-10(2,3)16-9(15)12-5-6(11)4-7(12)8(13)14/h2-3,7-8,11H,4-6,9H2,1H3,(H,27,33)(H,28,34)(H,26,29,30);2*4-8,13-14H,9-11H2,1-3H3;1-5,10-11,14H,6-8H2;6-7H,4-5H2,1-3H3,(H,13,14)/t11-;2*13-,14+;10-,11+;6-,7+/m11111/s1. The fraction of sp³-hybridized carbons (Fsp3) is 0.487. The zero-order valence-corrected chi connectivity index (χ0v) is 64.3. The Balaban J connectivity index is 0.000000181. The second kappa shape index (κ2) is 38.1. The highest BCUT2D eigenvalue weighted by Gasteiger charge is 2.50. The van der Waals surface area contributed by atoms with Crippen molar-refractivity contribution in [3.8, 4) is 0 Å². The number of H-pyrrole nitrogens is 1. The number of amides is 5. The molecule has 0 bridgehead atoms. The molecule has 5 fully saturated rings. The van der Waals surface area contributed by atoms with Crippen LogP contribution in [0.15, 0.2) is 115 Å². The van der Waals surface area contributed by atoms with Crippen LogP contribution in [0.3, 0.4) is 0 Å². The van der Waals surface area contributed by atoms with E-state index in [-0.39, 0.29) is 118 Å². The Kier molecular flexibility index (Phi) is 29.6. The number of aliphatic carboxylic acids is 1. The molecular weight excluding hydrogens is 1500 g/mol. The maximum Gasteiger partial charge on any atom is 0.411 e. The van der Waals surface area contributed by atoms with E-state index in [1.807, 2.05) is 91.0 Å². The molecule has 5 aliphatic heterocycles. The molecule has 6 aliphatic rings. The Morgan fingerprint density at radius 1 is 0.580 bits per heavy atom. The number of ether oxygens (including phenoxy) is 6. The fourth-order valence-electron chi connectivity index (χ4n) is 12.4. The van der Waals surface area contributed by atoms with Crippen molar-refractivity contribution >= 4 is 77.0 Å². The number of aromatic amines is 1. The zero-order chi connectivity index (χ0) is 82.2. The van der Waals surface area contributed by atoms with Crippen molar-refractivity contribution in [1.29, 1.82) is 0 Å². The van der Waals surface area contributed by atoms with Gasteiger partial charge in [-0.3, -0.25) is 33.9 Å². The van der Waals surface area contributed by atoms with Gasteiger partial charge in [0.25, 0.3) is 17.6 Å². The Labute approximate surface area is 648 Å². The number of hydrogen-bond acceptors (Lipinski definition) is 19. The summed E-state index contributed by atoms with van der Waals surface area (Å²) < 4.78 is 113. The summed E-state index contributed by atoms with van der Waals surface area (Å²) in [5.74, 6) is -5.78. The van der Waals surface area contributed by atoms with Gasteiger partial charge >= 0.3 is 42.2 Å². The first kappa shape index (κ1) is 87.0. The SMILES string of the molecule is CC(C)(C)OC(=O)N1C[C@H](F)C[C@H]1C(=O)O.CC(C)(C)OC(=O)N1C[C@H](F)C[C@H]1C(=O)OCc1ccccc1.CC(C)(C)OC(=O)N1C[C@H](F)C[C@H]1C(=O)OCc1ccccc1.Cc1c(C(=O)C(=O)NC2(c3cn[nH]n3)CC2)c2n(c1C(=O)Nc1ccc(F)c(Cl)c1)C[C@H](F)C2.O=C(OCc1ccccc1)[C@@H]1C[C@@H](F)CN1. The van der Waals surface area contributed by atoms with Crippen LogP contribution in [0.1, 0.15) is 155 Å². The number of halogens is 7. The van der Waals surface area contributed by atoms with E-state index in [0.717, 1.165) is 37.5 Å². The predicted molar refractivity (Wildman–Crippen MR) is 393 cm³/mol. The van der Waals surface area contributed by atoms with Crippen molar-refractivity contribution < 1.29 is 108 Å². The Morgan fingerprint density at radius 2 is 1.02 bits per heavy atom. The summed E-state index contributed by atoms with van der Waals surface area (Å²) >= 11 is 5.78. The van der Waals surface area contributed by atoms with Crippen molar-refractivity contribution in [2.45, 2.75) is 218 Å². The summed E-state index contributed by atoms with van der Waals surface area (Å²) in [7, 11) is 0. The smallest absolute Gasteiger partial charge is 0.411 e. The molecule has 2 aromatic heterocycles. The molecule has 0 radical (unpaired) electrons. The average molecular weight is 1590 g/mol. The Hall–Kier alpha value is -10.6. The van der Waals surface area contributed by atoms with E-state index in [1.165, 1.54) is 29.8 Å². The van der Waals surface area contributed by atoms with Gasteiger partial charge in [-0.15, -0.1) is 0 Å². The molecule has 0 unspecified atom stereocenters. The number of nitrogens with zero attached hydrogens (tertiary/aromatic N) is 6. The van der Waals surface area contributed by atoms with E-state index in [0.29, 0.717) is 24.2 Å². The highest BCUT2D eigenvalue weighted by Crippen LogP contribution is 2.44. The topological polar surface area (TPSA) is 339 Å². The maximum absolute atomic E-state index is 14.3. The first-order valence-corrected chi connectivity index (χ1v) is 36.5. The van der Waals surface area contributed by atoms with Gasteiger partial charge in [0, 0.05) is 50.0 Å². The number of likely N-dealkylation sites (tertiary alicyclic amines) is 3. The number of fused-ring (bicyclic) bond motifs is 1. The molecule has 4 aromatic carbocycles. The lowest BCUT2D eigenvalue weighted by Crippen LogP contribution is -2.44. The third-order valence-corrected chi connectivity index (χ3v) is 18.0. The molecular formula is C78H93ClF6N10O17. The summed E-state index contributed by atoms with van der Waals surface area (Å²) in [5, 5.41) is 27.0. The molecule has 27 nitrogen and oxygen atoms in total. The van der Waals surface area contributed by atoms with Crippen LogP contribution in [0.5, 0.6) is 0 Å². The summed E-state index contributed by atoms with van der Waals surface area (Å²) in [4.78, 5) is 125. The summed E-state index contributed by atoms with van der Waals surface area (Å²) in [5.41, 5.74) is 1.09. The van der Waals surface area contributed by atoms with Gasteiger partial charge in [0.05, 0.1) is 48.5 Å². The molecule has 5 N–H and O–H groups in total. The number of anilines is 1. The first-order chi connectivity index (χ1) is 52.7. The van der Waals surface area contributed by atoms with Gasteiger partial charge in [0.1, 0.15) is 109 Å². The van der Waals surface area contributed by atoms with Crippen LogP contribution >= 0.6 is 11.6 Å². The number of carbonyl (C=O) groups is 10. The number of esters is 3. The van der Waals surface area contributed by atoms with Crippen molar-refractivity contribution in [3.63, 3.8) is 0 Å². The van der Waals surface area contributed by atoms with E-state index in [1.54, 1.807) is 62.3 Å². The van der Waals surface area contributed by atoms with Crippen molar-refractivity contribution in [2.75, 3.05) is 31.5 Å². The summed E-state index contributed by atoms with van der Waals surface area (Å²) in [6.45, 7) is 16.9. The van der Waals surface area contributed by atoms with Gasteiger partial charge in [0.2, 0.25) is 0 Å². The van der Waals surface area contributed by atoms with E-state index in [9.17, 15) is 74.3 Å². The van der Waals surface area contributed by atoms with Crippen LogP contribution in [0, 0.1) is 12.7 Å². The molecule has 6 aromatic rings. The minimum absolute atomic E-state index is 0.0101. The Bertz CT molecular complexity index is 4180. The number of alkyl halides is 5. The van der Waals surface area contributed by atoms with E-state index < -0.39 is 137 Å². The van der Waals surface area contributed by atoms with Crippen LogP contribution < -0.4 is 16.0 Å². The average Bonchev–Trinajstić information content (AvgIpc) is 1.59. The number of carbonyl (C=O) groups excluding carboxylic acids is 9. The molecule has 606 valence electrons. The fourth-order valence-corrected chi connectivity index (χ4v) is 12.6. The van der Waals surface area contributed by atoms with Crippen LogP contribution in [-0.4, -0.2) is 198 Å². The lowest BCUT2D eigenvalue weighted by Gasteiger charge is -2.27. The van der Waals surface area contributed by atoms with Gasteiger partial charge in [-0.1, -0.05) is 103 Å². The highest BCUT2D eigenvalue weighted by molar-refractivity contribution is 6.44. The van der Waals surface area contributed by atoms with Crippen LogP contribution in [0.25, 0.3) is 0 Å². The summed E-state index contributed by atoms with van der Waals surface area (Å²) in [6, 6.07) is 28.0. The molecule has 4 saturated heterocycles. The largest absolute Gasteiger partial charge is 0.480 e. The van der Waals surface area contributed by atoms with Gasteiger partial charge in [-0.2, -0.15) is 15.4 Å². The molecule has 1 aliphatic carbocycles. The number of ketones is 1. The minimum Gasteiger partial charge on any atom is -0.480 e. The van der Waals surface area contributed by atoms with Gasteiger partial charge in [-0.25, -0.2) is 55.1 Å². The molecule has 1 saturated carbocycles. The molecule has 7 heterocycles. The minimum atomic E-state index is -1.30. The monoisotopic (exact) mass is 1590 g/mol. The summed E-state index contributed by atoms with van der Waals surface area (Å²) in [6.07, 6.45) is -5.70. The second-order valence-corrected chi connectivity index (χ2v) is 30.8. The number of hydrogen-bond donors (Lipinski definition) is 5. The zero-order valence-electron chi connectivity index (χ0n) is 63.6. The molecule has 9 atom stereocenters. The van der Waals surface area contributed by atoms with Gasteiger partial charge < -0.3 is 54.0 Å². The number of rotatable bonds is 16. The lowest BCUT2D eigenvalue weighted by atomic mass is 10.0. The third kappa shape index (κ3) is 25.0. The van der Waals surface area contributed by atoms with Crippen LogP contribution in [0.4, 0.5) is 46.4 Å². The van der Waals surface area contributed by atoms with Gasteiger partial charge in [-0.05, 0) is 123 Å². The molecule has 12 rings (SSSR count). The predicted octanol–water partition coefficient (Wildman–Crippen LogP) is 11.8. The molecule has 34 heteroatoms. The number of benzene rings is 4. The van der Waals surface area contributed by atoms with Crippen molar-refractivity contribution in [2.24, 2.45) is 0 Å². The lowest BCUT2D eigenvalue weighted by molar-refractivity contribution is -0.150. The maximum atomic E-state index is 14.3. The van der Waals surface area contributed by atoms with Gasteiger partial charge in [0.15, 0.2) is 0 Å². The van der Waals surface area contributed by atoms with Crippen molar-refractivity contribution in [3.05, 3.63) is 171 Å². The number of carboxylic acid groups (broad SMARTS) is 1. The first-order valence-electron chi connectivity index (χ1n) is 36.2. The number of carboxylic acids is 1. The molecule has 0 spiro atoms. The number of Topliss-reactive ketones (excluding diaryl/α,β-unsaturated/α-hetero) is 1. The van der Waals surface area contributed by atoms with Crippen molar-refractivity contribution in [1.82, 2.24) is 45.3 Å². The highest BCUT2D eigenvalue weighted by atomic mass is 35.5. The normalized spacial score (nSPS) is 21.2.